The molecule has 3 aliphatic rings. The molecular weight excluding hydrogens is 468 g/mol. The van der Waals surface area contributed by atoms with Gasteiger partial charge in [0.2, 0.25) is 0 Å². The number of aliphatic hydroxyl groups is 1. The number of aliphatic hydroxyl groups excluding tert-OH is 1. The molecular formula is C26H27F2N5O3. The van der Waals surface area contributed by atoms with Crippen LogP contribution in [0.3, 0.4) is 0 Å². The number of carbonyl (C=O) groups excluding carboxylic acids is 1. The quantitative estimate of drug-likeness (QED) is 0.596. The van der Waals surface area contributed by atoms with E-state index < -0.39 is 17.7 Å². The zero-order valence-corrected chi connectivity index (χ0v) is 19.7. The first-order valence-electron chi connectivity index (χ1n) is 12.3. The molecule has 1 atom stereocenters. The highest BCUT2D eigenvalue weighted by molar-refractivity contribution is 5.99. The third kappa shape index (κ3) is 4.24. The van der Waals surface area contributed by atoms with Crippen LogP contribution in [0.25, 0.3) is 11.0 Å². The molecule has 1 amide bonds. The van der Waals surface area contributed by atoms with Gasteiger partial charge in [-0.3, -0.25) is 9.78 Å². The van der Waals surface area contributed by atoms with Gasteiger partial charge < -0.3 is 24.5 Å². The first-order valence-corrected chi connectivity index (χ1v) is 12.3. The van der Waals surface area contributed by atoms with Crippen LogP contribution in [0.1, 0.15) is 34.8 Å². The third-order valence-electron chi connectivity index (χ3n) is 7.19. The highest BCUT2D eigenvalue weighted by Crippen LogP contribution is 2.40. The fourth-order valence-corrected chi connectivity index (χ4v) is 5.36. The standard InChI is InChI=1S/C26H27F2N5O3/c27-17-10-18(28)12-19(11-17)33-3-1-2-23(33)21-8-16(26(35)32-14-20(34)15-32)9-22-25(21)30-24(13-29-22)31-4-6-36-7-5-31/h8-13,20,23,34H,1-7,14-15H2. The van der Waals surface area contributed by atoms with Crippen LogP contribution >= 0.6 is 0 Å². The predicted octanol–water partition coefficient (Wildman–Crippen LogP) is 2.90. The minimum atomic E-state index is -0.629. The smallest absolute Gasteiger partial charge is 0.254 e. The Labute approximate surface area is 207 Å². The number of morpholine rings is 1. The predicted molar refractivity (Wildman–Crippen MR) is 130 cm³/mol. The van der Waals surface area contributed by atoms with Crippen LogP contribution in [0.2, 0.25) is 0 Å². The lowest BCUT2D eigenvalue weighted by Crippen LogP contribution is -2.53. The summed E-state index contributed by atoms with van der Waals surface area (Å²) in [5.74, 6) is -0.701. The maximum absolute atomic E-state index is 14.1. The van der Waals surface area contributed by atoms with Gasteiger partial charge in [0.1, 0.15) is 17.5 Å². The van der Waals surface area contributed by atoms with Crippen LogP contribution < -0.4 is 9.80 Å². The number of carbonyl (C=O) groups is 1. The first kappa shape index (κ1) is 23.1. The van der Waals surface area contributed by atoms with Crippen molar-refractivity contribution in [2.75, 3.05) is 55.7 Å². The summed E-state index contributed by atoms with van der Waals surface area (Å²) in [6.07, 6.45) is 2.79. The second-order valence-corrected chi connectivity index (χ2v) is 9.60. The van der Waals surface area contributed by atoms with Crippen LogP contribution in [0.15, 0.2) is 36.5 Å². The Balaban J connectivity index is 1.46. The molecule has 0 aliphatic carbocycles. The van der Waals surface area contributed by atoms with Gasteiger partial charge in [0.15, 0.2) is 0 Å². The van der Waals surface area contributed by atoms with E-state index in [9.17, 15) is 18.7 Å². The van der Waals surface area contributed by atoms with Gasteiger partial charge in [0, 0.05) is 55.6 Å². The molecule has 4 heterocycles. The molecule has 0 saturated carbocycles. The van der Waals surface area contributed by atoms with Crippen molar-refractivity contribution in [1.29, 1.82) is 0 Å². The third-order valence-corrected chi connectivity index (χ3v) is 7.19. The summed E-state index contributed by atoms with van der Waals surface area (Å²) in [5, 5.41) is 9.68. The molecule has 0 bridgehead atoms. The number of halogens is 2. The lowest BCUT2D eigenvalue weighted by molar-refractivity contribution is 0.00590. The number of amides is 1. The summed E-state index contributed by atoms with van der Waals surface area (Å²) in [6, 6.07) is 6.90. The Bertz CT molecular complexity index is 1290. The number of β-amino-alcohol motifs (C(OH)–C–C–N with tert-alkyl or cyclic N) is 1. The van der Waals surface area contributed by atoms with Gasteiger partial charge in [-0.1, -0.05) is 0 Å². The average molecular weight is 496 g/mol. The highest BCUT2D eigenvalue weighted by atomic mass is 19.1. The van der Waals surface area contributed by atoms with E-state index in [1.807, 2.05) is 11.0 Å². The van der Waals surface area contributed by atoms with E-state index in [0.29, 0.717) is 68.2 Å². The Morgan fingerprint density at radius 2 is 1.78 bits per heavy atom. The topological polar surface area (TPSA) is 82.0 Å². The molecule has 3 aliphatic heterocycles. The molecule has 0 spiro atoms. The molecule has 0 radical (unpaired) electrons. The summed E-state index contributed by atoms with van der Waals surface area (Å²) in [6.45, 7) is 3.87. The van der Waals surface area contributed by atoms with Crippen LogP contribution in [0.5, 0.6) is 0 Å². The van der Waals surface area contributed by atoms with Gasteiger partial charge in [0.05, 0.1) is 42.6 Å². The normalized spacial score (nSPS) is 20.8. The molecule has 1 N–H and O–H groups in total. The van der Waals surface area contributed by atoms with Crippen molar-refractivity contribution in [3.05, 3.63) is 59.3 Å². The van der Waals surface area contributed by atoms with E-state index in [0.717, 1.165) is 30.3 Å². The maximum atomic E-state index is 14.1. The summed E-state index contributed by atoms with van der Waals surface area (Å²) in [7, 11) is 0. The lowest BCUT2D eigenvalue weighted by Gasteiger charge is -2.36. The number of aromatic nitrogens is 2. The second-order valence-electron chi connectivity index (χ2n) is 9.60. The van der Waals surface area contributed by atoms with E-state index in [2.05, 4.69) is 9.88 Å². The summed E-state index contributed by atoms with van der Waals surface area (Å²) < 4.78 is 33.6. The van der Waals surface area contributed by atoms with Gasteiger partial charge >= 0.3 is 0 Å². The average Bonchev–Trinajstić information content (AvgIpc) is 3.35. The van der Waals surface area contributed by atoms with Crippen molar-refractivity contribution in [2.45, 2.75) is 25.0 Å². The van der Waals surface area contributed by atoms with Crippen molar-refractivity contribution >= 4 is 28.4 Å². The first-order chi connectivity index (χ1) is 17.5. The molecule has 3 fully saturated rings. The van der Waals surface area contributed by atoms with Gasteiger partial charge in [-0.2, -0.15) is 0 Å². The Hall–Kier alpha value is -3.37. The molecule has 2 aromatic carbocycles. The van der Waals surface area contributed by atoms with E-state index in [1.165, 1.54) is 12.1 Å². The number of nitrogens with zero attached hydrogens (tertiary/aromatic N) is 5. The molecule has 8 nitrogen and oxygen atoms in total. The molecule has 36 heavy (non-hydrogen) atoms. The van der Waals surface area contributed by atoms with Crippen molar-refractivity contribution in [3.63, 3.8) is 0 Å². The Morgan fingerprint density at radius 3 is 2.50 bits per heavy atom. The Kier molecular flexibility index (Phi) is 5.93. The van der Waals surface area contributed by atoms with Gasteiger partial charge in [-0.25, -0.2) is 13.8 Å². The van der Waals surface area contributed by atoms with Crippen molar-refractivity contribution in [1.82, 2.24) is 14.9 Å². The van der Waals surface area contributed by atoms with Crippen LogP contribution in [-0.2, 0) is 4.74 Å². The minimum Gasteiger partial charge on any atom is -0.389 e. The number of anilines is 2. The van der Waals surface area contributed by atoms with E-state index in [-0.39, 0.29) is 11.9 Å². The number of ether oxygens (including phenoxy) is 1. The zero-order chi connectivity index (χ0) is 24.8. The molecule has 10 heteroatoms. The molecule has 1 unspecified atom stereocenters. The molecule has 6 rings (SSSR count). The van der Waals surface area contributed by atoms with Crippen LogP contribution in [0.4, 0.5) is 20.3 Å². The molecule has 3 saturated heterocycles. The monoisotopic (exact) mass is 495 g/mol. The van der Waals surface area contributed by atoms with Crippen molar-refractivity contribution < 1.29 is 23.4 Å². The van der Waals surface area contributed by atoms with E-state index in [4.69, 9.17) is 9.72 Å². The lowest BCUT2D eigenvalue weighted by atomic mass is 9.97. The van der Waals surface area contributed by atoms with Gasteiger partial charge in [-0.15, -0.1) is 0 Å². The number of likely N-dealkylation sites (tertiary alicyclic amines) is 1. The fraction of sp³-hybridized carbons (Fsp3) is 0.423. The van der Waals surface area contributed by atoms with Gasteiger partial charge in [-0.05, 0) is 37.1 Å². The summed E-state index contributed by atoms with van der Waals surface area (Å²) >= 11 is 0. The SMILES string of the molecule is O=C(c1cc(C2CCCN2c2cc(F)cc(F)c2)c2nc(N3CCOCC3)cnc2c1)N1CC(O)C1. The van der Waals surface area contributed by atoms with Crippen LogP contribution in [-0.4, -0.2) is 77.9 Å². The van der Waals surface area contributed by atoms with Gasteiger partial charge in [0.25, 0.3) is 5.91 Å². The van der Waals surface area contributed by atoms with E-state index in [1.54, 1.807) is 17.2 Å². The number of hydrogen-bond donors (Lipinski definition) is 1. The highest BCUT2D eigenvalue weighted by Gasteiger charge is 2.33. The fourth-order valence-electron chi connectivity index (χ4n) is 5.36. The Morgan fingerprint density at radius 1 is 1.03 bits per heavy atom. The van der Waals surface area contributed by atoms with E-state index >= 15 is 0 Å². The molecule has 3 aromatic rings. The number of benzene rings is 2. The summed E-state index contributed by atoms with van der Waals surface area (Å²) in [5.41, 5.74) is 3.00. The largest absolute Gasteiger partial charge is 0.389 e. The molecule has 1 aromatic heterocycles. The maximum Gasteiger partial charge on any atom is 0.254 e. The summed E-state index contributed by atoms with van der Waals surface area (Å²) in [4.78, 5) is 28.5. The zero-order valence-electron chi connectivity index (χ0n) is 19.7. The van der Waals surface area contributed by atoms with Crippen LogP contribution in [0, 0.1) is 11.6 Å². The second kappa shape index (κ2) is 9.25. The van der Waals surface area contributed by atoms with Crippen molar-refractivity contribution in [2.24, 2.45) is 0 Å². The number of fused-ring (bicyclic) bond motifs is 1. The minimum absolute atomic E-state index is 0.177. The number of rotatable bonds is 4. The number of hydrogen-bond acceptors (Lipinski definition) is 7. The van der Waals surface area contributed by atoms with Crippen molar-refractivity contribution in [3.8, 4) is 0 Å². The molecule has 188 valence electrons.